The van der Waals surface area contributed by atoms with Crippen LogP contribution in [-0.2, 0) is 20.7 Å². The number of benzene rings is 1. The number of fused-ring (bicyclic) bond motifs is 3. The second-order valence-corrected chi connectivity index (χ2v) is 8.51. The van der Waals surface area contributed by atoms with Crippen LogP contribution < -0.4 is 4.90 Å². The summed E-state index contributed by atoms with van der Waals surface area (Å²) in [6, 6.07) is 5.13. The number of nitro benzene ring substituents is 1. The van der Waals surface area contributed by atoms with Crippen molar-refractivity contribution in [1.29, 1.82) is 0 Å². The van der Waals surface area contributed by atoms with E-state index in [4.69, 9.17) is 4.74 Å². The Morgan fingerprint density at radius 3 is 2.80 bits per heavy atom. The van der Waals surface area contributed by atoms with E-state index in [9.17, 15) is 19.7 Å². The maximum atomic E-state index is 13.6. The van der Waals surface area contributed by atoms with Gasteiger partial charge in [-0.05, 0) is 57.1 Å². The van der Waals surface area contributed by atoms with Crippen molar-refractivity contribution in [3.05, 3.63) is 33.9 Å². The standard InChI is InChI=1S/C22H29N3O5/c1-2-30-22(27)15-6-5-10-23(14-15)21(26)18-13-16-12-17(25(28)29)8-9-19(16)24-11-4-3-7-20(18)24/h8-9,12,15,18,20H,2-7,10-11,13-14H2,1H3. The number of nitro groups is 1. The molecule has 0 aromatic heterocycles. The highest BCUT2D eigenvalue weighted by molar-refractivity contribution is 5.83. The molecule has 8 heteroatoms. The fraction of sp³-hybridized carbons (Fsp3) is 0.636. The van der Waals surface area contributed by atoms with Crippen LogP contribution in [0.5, 0.6) is 0 Å². The fourth-order valence-electron chi connectivity index (χ4n) is 5.29. The van der Waals surface area contributed by atoms with E-state index >= 15 is 0 Å². The maximum Gasteiger partial charge on any atom is 0.310 e. The third kappa shape index (κ3) is 3.87. The summed E-state index contributed by atoms with van der Waals surface area (Å²) in [4.78, 5) is 40.8. The van der Waals surface area contributed by atoms with E-state index in [1.54, 1.807) is 19.1 Å². The van der Waals surface area contributed by atoms with Gasteiger partial charge in [0.05, 0.1) is 23.4 Å². The number of rotatable bonds is 4. The molecule has 0 bridgehead atoms. The van der Waals surface area contributed by atoms with E-state index in [0.717, 1.165) is 49.9 Å². The zero-order chi connectivity index (χ0) is 21.3. The number of hydrogen-bond donors (Lipinski definition) is 0. The summed E-state index contributed by atoms with van der Waals surface area (Å²) in [5.74, 6) is -0.653. The normalized spacial score (nSPS) is 25.8. The number of amides is 1. The van der Waals surface area contributed by atoms with Gasteiger partial charge in [0.25, 0.3) is 5.69 Å². The van der Waals surface area contributed by atoms with Crippen molar-refractivity contribution >= 4 is 23.3 Å². The van der Waals surface area contributed by atoms with Crippen LogP contribution in [0, 0.1) is 22.0 Å². The first kappa shape index (κ1) is 20.6. The molecular formula is C22H29N3O5. The zero-order valence-electron chi connectivity index (χ0n) is 17.4. The number of hydrogen-bond acceptors (Lipinski definition) is 6. The molecule has 1 amide bonds. The summed E-state index contributed by atoms with van der Waals surface area (Å²) >= 11 is 0. The molecule has 0 N–H and O–H groups in total. The lowest BCUT2D eigenvalue weighted by Crippen LogP contribution is -2.55. The fourth-order valence-corrected chi connectivity index (χ4v) is 5.29. The topological polar surface area (TPSA) is 93.0 Å². The highest BCUT2D eigenvalue weighted by Crippen LogP contribution is 2.40. The highest BCUT2D eigenvalue weighted by atomic mass is 16.6. The molecule has 3 aliphatic heterocycles. The average Bonchev–Trinajstić information content (AvgIpc) is 2.77. The molecule has 0 saturated carbocycles. The molecule has 3 aliphatic rings. The number of carbonyl (C=O) groups is 2. The van der Waals surface area contributed by atoms with E-state index in [0.29, 0.717) is 26.1 Å². The average molecular weight is 415 g/mol. The number of nitrogens with zero attached hydrogens (tertiary/aromatic N) is 3. The van der Waals surface area contributed by atoms with Gasteiger partial charge in [-0.3, -0.25) is 19.7 Å². The molecule has 0 radical (unpaired) electrons. The summed E-state index contributed by atoms with van der Waals surface area (Å²) in [6.07, 6.45) is 5.14. The number of anilines is 1. The smallest absolute Gasteiger partial charge is 0.310 e. The van der Waals surface area contributed by atoms with Crippen molar-refractivity contribution in [1.82, 2.24) is 4.90 Å². The van der Waals surface area contributed by atoms with Crippen molar-refractivity contribution in [2.45, 2.75) is 51.5 Å². The van der Waals surface area contributed by atoms with Gasteiger partial charge in [-0.1, -0.05) is 0 Å². The molecule has 1 aromatic rings. The Morgan fingerprint density at radius 2 is 2.03 bits per heavy atom. The molecule has 8 nitrogen and oxygen atoms in total. The molecular weight excluding hydrogens is 386 g/mol. The summed E-state index contributed by atoms with van der Waals surface area (Å²) in [5, 5.41) is 11.3. The number of piperidine rings is 2. The van der Waals surface area contributed by atoms with Crippen LogP contribution in [0.3, 0.4) is 0 Å². The molecule has 30 heavy (non-hydrogen) atoms. The van der Waals surface area contributed by atoms with E-state index < -0.39 is 0 Å². The van der Waals surface area contributed by atoms with E-state index in [1.165, 1.54) is 0 Å². The van der Waals surface area contributed by atoms with Gasteiger partial charge in [0.2, 0.25) is 5.91 Å². The molecule has 1 aromatic carbocycles. The highest BCUT2D eigenvalue weighted by Gasteiger charge is 2.42. The second-order valence-electron chi connectivity index (χ2n) is 8.51. The van der Waals surface area contributed by atoms with Crippen molar-refractivity contribution in [3.63, 3.8) is 0 Å². The number of carbonyl (C=O) groups excluding carboxylic acids is 2. The van der Waals surface area contributed by atoms with Crippen molar-refractivity contribution in [2.75, 3.05) is 31.1 Å². The number of ether oxygens (including phenoxy) is 1. The molecule has 2 saturated heterocycles. The Balaban J connectivity index is 1.58. The minimum atomic E-state index is -0.381. The van der Waals surface area contributed by atoms with Crippen LogP contribution in [0.1, 0.15) is 44.6 Å². The summed E-state index contributed by atoms with van der Waals surface area (Å²) < 4.78 is 5.17. The molecule has 3 unspecified atom stereocenters. The van der Waals surface area contributed by atoms with E-state index in [1.807, 2.05) is 11.0 Å². The van der Waals surface area contributed by atoms with Crippen molar-refractivity contribution in [2.24, 2.45) is 11.8 Å². The monoisotopic (exact) mass is 415 g/mol. The molecule has 0 aliphatic carbocycles. The molecule has 3 atom stereocenters. The third-order valence-electron chi connectivity index (χ3n) is 6.71. The Kier molecular flexibility index (Phi) is 5.92. The third-order valence-corrected chi connectivity index (χ3v) is 6.71. The Bertz CT molecular complexity index is 842. The van der Waals surface area contributed by atoms with Crippen LogP contribution in [-0.4, -0.2) is 54.0 Å². The van der Waals surface area contributed by atoms with Crippen LogP contribution in [0.25, 0.3) is 0 Å². The van der Waals surface area contributed by atoms with Gasteiger partial charge in [0.15, 0.2) is 0 Å². The predicted octanol–water partition coefficient (Wildman–Crippen LogP) is 2.93. The first-order chi connectivity index (χ1) is 14.5. The SMILES string of the molecule is CCOC(=O)C1CCCN(C(=O)C2Cc3cc([N+](=O)[O-])ccc3N3CCCCC23)C1. The molecule has 3 heterocycles. The summed E-state index contributed by atoms with van der Waals surface area (Å²) in [6.45, 7) is 4.06. The second kappa shape index (κ2) is 8.62. The van der Waals surface area contributed by atoms with Gasteiger partial charge in [-0.15, -0.1) is 0 Å². The first-order valence-corrected chi connectivity index (χ1v) is 11.0. The van der Waals surface area contributed by atoms with Gasteiger partial charge < -0.3 is 14.5 Å². The predicted molar refractivity (Wildman–Crippen MR) is 111 cm³/mol. The van der Waals surface area contributed by atoms with Crippen molar-refractivity contribution < 1.29 is 19.2 Å². The Hall–Kier alpha value is -2.64. The van der Waals surface area contributed by atoms with Crippen molar-refractivity contribution in [3.8, 4) is 0 Å². The minimum absolute atomic E-state index is 0.0655. The van der Waals surface area contributed by atoms with Crippen LogP contribution in [0.2, 0.25) is 0 Å². The lowest BCUT2D eigenvalue weighted by molar-refractivity contribution is -0.384. The van der Waals surface area contributed by atoms with Crippen LogP contribution in [0.15, 0.2) is 18.2 Å². The number of non-ortho nitro benzene ring substituents is 1. The number of esters is 1. The first-order valence-electron chi connectivity index (χ1n) is 11.0. The zero-order valence-corrected chi connectivity index (χ0v) is 17.4. The largest absolute Gasteiger partial charge is 0.466 e. The van der Waals surface area contributed by atoms with Gasteiger partial charge in [-0.2, -0.15) is 0 Å². The lowest BCUT2D eigenvalue weighted by Gasteiger charge is -2.47. The molecule has 4 rings (SSSR count). The van der Waals surface area contributed by atoms with Gasteiger partial charge in [0.1, 0.15) is 0 Å². The minimum Gasteiger partial charge on any atom is -0.466 e. The van der Waals surface area contributed by atoms with E-state index in [-0.39, 0.29) is 40.4 Å². The van der Waals surface area contributed by atoms with Crippen LogP contribution >= 0.6 is 0 Å². The van der Waals surface area contributed by atoms with E-state index in [2.05, 4.69) is 4.90 Å². The Labute approximate surface area is 176 Å². The van der Waals surface area contributed by atoms with Crippen LogP contribution in [0.4, 0.5) is 11.4 Å². The maximum absolute atomic E-state index is 13.6. The van der Waals surface area contributed by atoms with Gasteiger partial charge in [-0.25, -0.2) is 0 Å². The quantitative estimate of drug-likeness (QED) is 0.426. The van der Waals surface area contributed by atoms with Gasteiger partial charge in [0, 0.05) is 43.5 Å². The van der Waals surface area contributed by atoms with Gasteiger partial charge >= 0.3 is 5.97 Å². The number of likely N-dealkylation sites (tertiary alicyclic amines) is 1. The summed E-state index contributed by atoms with van der Waals surface area (Å²) in [7, 11) is 0. The molecule has 0 spiro atoms. The molecule has 162 valence electrons. The lowest BCUT2D eigenvalue weighted by atomic mass is 9.79. The molecule has 2 fully saturated rings. The summed E-state index contributed by atoms with van der Waals surface area (Å²) in [5.41, 5.74) is 1.97. The Morgan fingerprint density at radius 1 is 1.20 bits per heavy atom.